The van der Waals surface area contributed by atoms with Gasteiger partial charge in [0.1, 0.15) is 5.82 Å². The minimum atomic E-state index is -0.183. The number of alkyl halides is 1. The van der Waals surface area contributed by atoms with E-state index in [0.29, 0.717) is 5.02 Å². The molecule has 108 valence electrons. The first-order valence-electron chi connectivity index (χ1n) is 6.86. The molecule has 0 saturated heterocycles. The van der Waals surface area contributed by atoms with E-state index in [1.54, 1.807) is 0 Å². The minimum absolute atomic E-state index is 0.183. The Morgan fingerprint density at radius 3 is 2.33 bits per heavy atom. The molecule has 1 atom stereocenters. The van der Waals surface area contributed by atoms with Gasteiger partial charge in [-0.25, -0.2) is 4.98 Å². The molecule has 2 aromatic carbocycles. The molecule has 0 bridgehead atoms. The molecule has 21 heavy (non-hydrogen) atoms. The van der Waals surface area contributed by atoms with Crippen molar-refractivity contribution in [3.63, 3.8) is 0 Å². The van der Waals surface area contributed by atoms with Gasteiger partial charge in [0.15, 0.2) is 0 Å². The van der Waals surface area contributed by atoms with E-state index in [9.17, 15) is 0 Å². The number of hydrogen-bond donors (Lipinski definition) is 0. The topological polar surface area (TPSA) is 17.8 Å². The van der Waals surface area contributed by atoms with Gasteiger partial charge in [-0.2, -0.15) is 0 Å². The quantitative estimate of drug-likeness (QED) is 0.563. The number of fused-ring (bicyclic) bond motifs is 1. The van der Waals surface area contributed by atoms with Crippen LogP contribution < -0.4 is 0 Å². The zero-order valence-electron chi connectivity index (χ0n) is 12.2. The lowest BCUT2D eigenvalue weighted by Crippen LogP contribution is -2.02. The monoisotopic (exact) mass is 318 g/mol. The number of nitrogens with zero attached hydrogens (tertiary/aromatic N) is 2. The summed E-state index contributed by atoms with van der Waals surface area (Å²) in [6.45, 7) is 6.11. The van der Waals surface area contributed by atoms with Crippen LogP contribution in [0.3, 0.4) is 0 Å². The predicted molar refractivity (Wildman–Crippen MR) is 89.8 cm³/mol. The molecule has 3 aromatic rings. The molecule has 0 fully saturated rings. The number of rotatable bonds is 2. The highest BCUT2D eigenvalue weighted by Gasteiger charge is 2.17. The average Bonchev–Trinajstić information content (AvgIpc) is 2.76. The van der Waals surface area contributed by atoms with Crippen molar-refractivity contribution >= 4 is 34.2 Å². The van der Waals surface area contributed by atoms with E-state index in [2.05, 4.69) is 41.6 Å². The Morgan fingerprint density at radius 1 is 1.05 bits per heavy atom. The molecule has 0 aliphatic carbocycles. The van der Waals surface area contributed by atoms with Gasteiger partial charge >= 0.3 is 0 Å². The molecule has 0 N–H and O–H groups in total. The van der Waals surface area contributed by atoms with Gasteiger partial charge in [0.05, 0.1) is 16.4 Å². The number of aromatic nitrogens is 2. The zero-order chi connectivity index (χ0) is 15.1. The van der Waals surface area contributed by atoms with E-state index in [4.69, 9.17) is 23.2 Å². The molecule has 1 unspecified atom stereocenters. The Labute approximate surface area is 134 Å². The van der Waals surface area contributed by atoms with Crippen molar-refractivity contribution in [2.24, 2.45) is 0 Å². The van der Waals surface area contributed by atoms with Crippen LogP contribution in [0.5, 0.6) is 0 Å². The van der Waals surface area contributed by atoms with Crippen LogP contribution in [-0.2, 0) is 0 Å². The van der Waals surface area contributed by atoms with Gasteiger partial charge in [-0.1, -0.05) is 17.7 Å². The molecule has 0 radical (unpaired) electrons. The maximum Gasteiger partial charge on any atom is 0.132 e. The highest BCUT2D eigenvalue weighted by molar-refractivity contribution is 6.31. The molecule has 3 rings (SSSR count). The summed E-state index contributed by atoms with van der Waals surface area (Å²) in [5, 5.41) is 0.513. The number of hydrogen-bond acceptors (Lipinski definition) is 1. The van der Waals surface area contributed by atoms with Crippen LogP contribution in [0.1, 0.15) is 29.3 Å². The van der Waals surface area contributed by atoms with Crippen LogP contribution in [0.2, 0.25) is 5.02 Å². The first-order chi connectivity index (χ1) is 9.95. The third kappa shape index (κ3) is 2.66. The summed E-state index contributed by atoms with van der Waals surface area (Å²) in [5.41, 5.74) is 5.37. The van der Waals surface area contributed by atoms with Gasteiger partial charge in [-0.3, -0.25) is 4.57 Å². The lowest BCUT2D eigenvalue weighted by atomic mass is 10.1. The van der Waals surface area contributed by atoms with Crippen molar-refractivity contribution in [1.29, 1.82) is 0 Å². The fourth-order valence-corrected chi connectivity index (χ4v) is 3.00. The van der Waals surface area contributed by atoms with E-state index in [-0.39, 0.29) is 5.38 Å². The van der Waals surface area contributed by atoms with Crippen molar-refractivity contribution in [1.82, 2.24) is 9.55 Å². The lowest BCUT2D eigenvalue weighted by Gasteiger charge is -2.12. The van der Waals surface area contributed by atoms with Crippen molar-refractivity contribution in [2.75, 3.05) is 0 Å². The van der Waals surface area contributed by atoms with Crippen LogP contribution in [-0.4, -0.2) is 9.55 Å². The lowest BCUT2D eigenvalue weighted by molar-refractivity contribution is 0.881. The highest BCUT2D eigenvalue weighted by atomic mass is 35.5. The Balaban J connectivity index is 2.38. The predicted octanol–water partition coefficient (Wildman–Crippen LogP) is 5.60. The van der Waals surface area contributed by atoms with E-state index in [1.165, 1.54) is 11.1 Å². The molecule has 1 heterocycles. The van der Waals surface area contributed by atoms with Crippen LogP contribution in [0, 0.1) is 13.8 Å². The van der Waals surface area contributed by atoms with Gasteiger partial charge in [-0.05, 0) is 62.2 Å². The molecule has 0 aliphatic heterocycles. The second kappa shape index (κ2) is 5.36. The summed E-state index contributed by atoms with van der Waals surface area (Å²) in [6.07, 6.45) is 0. The third-order valence-electron chi connectivity index (χ3n) is 3.46. The molecular weight excluding hydrogens is 303 g/mol. The second-order valence-electron chi connectivity index (χ2n) is 5.40. The first kappa shape index (κ1) is 14.4. The highest BCUT2D eigenvalue weighted by Crippen LogP contribution is 2.30. The molecule has 0 amide bonds. The van der Waals surface area contributed by atoms with Crippen LogP contribution in [0.25, 0.3) is 16.7 Å². The summed E-state index contributed by atoms with van der Waals surface area (Å²) >= 11 is 12.5. The zero-order valence-corrected chi connectivity index (χ0v) is 13.7. The van der Waals surface area contributed by atoms with E-state index < -0.39 is 0 Å². The van der Waals surface area contributed by atoms with E-state index >= 15 is 0 Å². The average molecular weight is 319 g/mol. The number of halogens is 2. The number of aryl methyl sites for hydroxylation is 2. The molecular formula is C17H16Cl2N2. The van der Waals surface area contributed by atoms with E-state index in [1.807, 2.05) is 25.1 Å². The van der Waals surface area contributed by atoms with Gasteiger partial charge in [-0.15, -0.1) is 11.6 Å². The Hall–Kier alpha value is -1.51. The molecule has 2 nitrogen and oxygen atoms in total. The normalized spacial score (nSPS) is 12.8. The van der Waals surface area contributed by atoms with Crippen molar-refractivity contribution < 1.29 is 0 Å². The van der Waals surface area contributed by atoms with Gasteiger partial charge < -0.3 is 0 Å². The van der Waals surface area contributed by atoms with Gasteiger partial charge in [0.25, 0.3) is 0 Å². The number of benzene rings is 2. The SMILES string of the molecule is Cc1cc(C)cc(-n2c(C(C)Cl)nc3ccc(Cl)cc32)c1. The fraction of sp³-hybridized carbons (Fsp3) is 0.235. The Bertz CT molecular complexity index is 799. The standard InChI is InChI=1S/C17H16Cl2N2/c1-10-6-11(2)8-14(7-10)21-16-9-13(19)4-5-15(16)20-17(21)12(3)18/h4-9,12H,1-3H3. The first-order valence-corrected chi connectivity index (χ1v) is 7.68. The van der Waals surface area contributed by atoms with Gasteiger partial charge in [0, 0.05) is 10.7 Å². The summed E-state index contributed by atoms with van der Waals surface area (Å²) in [6, 6.07) is 12.1. The van der Waals surface area contributed by atoms with Crippen LogP contribution >= 0.6 is 23.2 Å². The van der Waals surface area contributed by atoms with Crippen molar-refractivity contribution in [3.05, 3.63) is 58.4 Å². The summed E-state index contributed by atoms with van der Waals surface area (Å²) in [7, 11) is 0. The molecule has 4 heteroatoms. The van der Waals surface area contributed by atoms with Crippen LogP contribution in [0.4, 0.5) is 0 Å². The third-order valence-corrected chi connectivity index (χ3v) is 3.89. The maximum absolute atomic E-state index is 6.33. The number of imidazole rings is 1. The molecule has 0 saturated carbocycles. The largest absolute Gasteiger partial charge is 0.295 e. The van der Waals surface area contributed by atoms with Crippen molar-refractivity contribution in [2.45, 2.75) is 26.1 Å². The minimum Gasteiger partial charge on any atom is -0.295 e. The summed E-state index contributed by atoms with van der Waals surface area (Å²) < 4.78 is 2.10. The fourth-order valence-electron chi connectivity index (χ4n) is 2.68. The smallest absolute Gasteiger partial charge is 0.132 e. The Kier molecular flexibility index (Phi) is 3.68. The molecule has 1 aromatic heterocycles. The van der Waals surface area contributed by atoms with Crippen molar-refractivity contribution in [3.8, 4) is 5.69 Å². The molecule has 0 spiro atoms. The summed E-state index contributed by atoms with van der Waals surface area (Å²) in [5.74, 6) is 0.832. The maximum atomic E-state index is 6.33. The van der Waals surface area contributed by atoms with Crippen LogP contribution in [0.15, 0.2) is 36.4 Å². The summed E-state index contributed by atoms with van der Waals surface area (Å²) in [4.78, 5) is 4.66. The second-order valence-corrected chi connectivity index (χ2v) is 6.49. The van der Waals surface area contributed by atoms with E-state index in [0.717, 1.165) is 22.5 Å². The Morgan fingerprint density at radius 2 is 1.71 bits per heavy atom. The van der Waals surface area contributed by atoms with Gasteiger partial charge in [0.2, 0.25) is 0 Å². The molecule has 0 aliphatic rings.